The summed E-state index contributed by atoms with van der Waals surface area (Å²) in [4.78, 5) is 21.4. The van der Waals surface area contributed by atoms with Crippen LogP contribution in [-0.4, -0.2) is 27.7 Å². The second kappa shape index (κ2) is 8.30. The van der Waals surface area contributed by atoms with Gasteiger partial charge in [0, 0.05) is 5.39 Å². The number of rotatable bonds is 6. The summed E-state index contributed by atoms with van der Waals surface area (Å²) in [5.74, 6) is 0.187. The van der Waals surface area contributed by atoms with Gasteiger partial charge in [0.1, 0.15) is 16.6 Å². The molecule has 0 saturated carbocycles. The van der Waals surface area contributed by atoms with Crippen LogP contribution in [0.3, 0.4) is 0 Å². The Hall–Kier alpha value is -2.74. The summed E-state index contributed by atoms with van der Waals surface area (Å²) in [5, 5.41) is 3.67. The molecule has 140 valence electrons. The first-order chi connectivity index (χ1) is 12.9. The summed E-state index contributed by atoms with van der Waals surface area (Å²) in [6, 6.07) is 13.6. The Morgan fingerprint density at radius 2 is 1.81 bits per heavy atom. The number of benzene rings is 2. The number of thioether (sulfide) groups is 1. The quantitative estimate of drug-likeness (QED) is 0.491. The highest BCUT2D eigenvalue weighted by Gasteiger charge is 2.19. The van der Waals surface area contributed by atoms with Gasteiger partial charge in [-0.05, 0) is 32.0 Å². The maximum Gasteiger partial charge on any atom is 0.387 e. The van der Waals surface area contributed by atoms with Gasteiger partial charge in [0.15, 0.2) is 0 Å². The van der Waals surface area contributed by atoms with Crippen molar-refractivity contribution < 1.29 is 18.3 Å². The fraction of sp³-hybridized carbons (Fsp3) is 0.211. The van der Waals surface area contributed by atoms with E-state index < -0.39 is 11.9 Å². The number of nitrogens with one attached hydrogen (secondary N) is 1. The molecule has 5 nitrogen and oxygen atoms in total. The number of ether oxygens (including phenoxy) is 1. The molecule has 0 aliphatic heterocycles. The van der Waals surface area contributed by atoms with Crippen molar-refractivity contribution in [3.05, 3.63) is 54.4 Å². The third-order valence-corrected chi connectivity index (χ3v) is 4.80. The van der Waals surface area contributed by atoms with Crippen molar-refractivity contribution >= 4 is 34.3 Å². The van der Waals surface area contributed by atoms with Crippen molar-refractivity contribution in [2.75, 3.05) is 5.32 Å². The lowest BCUT2D eigenvalue weighted by Crippen LogP contribution is -2.23. The number of aromatic nitrogens is 2. The van der Waals surface area contributed by atoms with E-state index in [1.54, 1.807) is 26.0 Å². The van der Waals surface area contributed by atoms with Gasteiger partial charge in [0.2, 0.25) is 5.91 Å². The van der Waals surface area contributed by atoms with Crippen LogP contribution in [0.2, 0.25) is 0 Å². The molecule has 1 heterocycles. The van der Waals surface area contributed by atoms with E-state index in [9.17, 15) is 13.6 Å². The van der Waals surface area contributed by atoms with Crippen LogP contribution in [0.4, 0.5) is 14.5 Å². The molecule has 0 aliphatic carbocycles. The van der Waals surface area contributed by atoms with Crippen molar-refractivity contribution in [3.8, 4) is 5.75 Å². The van der Waals surface area contributed by atoms with Gasteiger partial charge >= 0.3 is 6.61 Å². The number of amides is 1. The Morgan fingerprint density at radius 3 is 2.59 bits per heavy atom. The van der Waals surface area contributed by atoms with E-state index in [-0.39, 0.29) is 17.3 Å². The molecule has 1 atom stereocenters. The van der Waals surface area contributed by atoms with Crippen LogP contribution in [-0.2, 0) is 4.79 Å². The first-order valence-corrected chi connectivity index (χ1v) is 9.07. The number of fused-ring (bicyclic) bond motifs is 1. The van der Waals surface area contributed by atoms with E-state index in [0.29, 0.717) is 10.9 Å². The topological polar surface area (TPSA) is 64.1 Å². The minimum Gasteiger partial charge on any atom is -0.433 e. The largest absolute Gasteiger partial charge is 0.433 e. The number of aryl methyl sites for hydroxylation is 1. The minimum atomic E-state index is -2.97. The average molecular weight is 389 g/mol. The Morgan fingerprint density at radius 1 is 1.11 bits per heavy atom. The predicted molar refractivity (Wildman–Crippen MR) is 101 cm³/mol. The Bertz CT molecular complexity index is 969. The highest BCUT2D eigenvalue weighted by molar-refractivity contribution is 8.00. The highest BCUT2D eigenvalue weighted by atomic mass is 32.2. The van der Waals surface area contributed by atoms with Gasteiger partial charge < -0.3 is 10.1 Å². The molecule has 1 aromatic heterocycles. The standard InChI is InChI=1S/C19H17F2N3O2S/c1-11(17(25)24-15-9-5-6-10-16(15)26-19(20)21)27-18-13-7-3-4-8-14(13)22-12(2)23-18/h3-11,19H,1-2H3,(H,24,25). The highest BCUT2D eigenvalue weighted by Crippen LogP contribution is 2.30. The number of hydrogen-bond acceptors (Lipinski definition) is 5. The maximum absolute atomic E-state index is 12.6. The van der Waals surface area contributed by atoms with E-state index in [4.69, 9.17) is 0 Å². The van der Waals surface area contributed by atoms with Crippen molar-refractivity contribution in [2.24, 2.45) is 0 Å². The number of para-hydroxylation sites is 3. The molecule has 0 aliphatic rings. The lowest BCUT2D eigenvalue weighted by atomic mass is 10.2. The molecule has 3 rings (SSSR count). The van der Waals surface area contributed by atoms with Gasteiger partial charge in [-0.2, -0.15) is 8.78 Å². The fourth-order valence-corrected chi connectivity index (χ4v) is 3.46. The van der Waals surface area contributed by atoms with Gasteiger partial charge in [-0.15, -0.1) is 0 Å². The lowest BCUT2D eigenvalue weighted by molar-refractivity contribution is -0.115. The van der Waals surface area contributed by atoms with Crippen LogP contribution in [0.25, 0.3) is 10.9 Å². The zero-order chi connectivity index (χ0) is 19.4. The van der Waals surface area contributed by atoms with Crippen molar-refractivity contribution in [1.29, 1.82) is 0 Å². The van der Waals surface area contributed by atoms with Crippen LogP contribution in [0, 0.1) is 6.92 Å². The second-order valence-corrected chi connectivity index (χ2v) is 7.05. The molecule has 1 amide bonds. The van der Waals surface area contributed by atoms with Crippen LogP contribution in [0.5, 0.6) is 5.75 Å². The third-order valence-electron chi connectivity index (χ3n) is 3.70. The Labute approximate surface area is 159 Å². The molecule has 8 heteroatoms. The van der Waals surface area contributed by atoms with Crippen molar-refractivity contribution in [2.45, 2.75) is 30.7 Å². The van der Waals surface area contributed by atoms with Gasteiger partial charge in [-0.1, -0.05) is 42.1 Å². The van der Waals surface area contributed by atoms with Crippen molar-refractivity contribution in [1.82, 2.24) is 9.97 Å². The van der Waals surface area contributed by atoms with E-state index in [0.717, 1.165) is 10.9 Å². The average Bonchev–Trinajstić information content (AvgIpc) is 2.62. The molecule has 27 heavy (non-hydrogen) atoms. The van der Waals surface area contributed by atoms with E-state index in [2.05, 4.69) is 20.0 Å². The number of hydrogen-bond donors (Lipinski definition) is 1. The van der Waals surface area contributed by atoms with Gasteiger partial charge in [-0.3, -0.25) is 4.79 Å². The molecule has 0 spiro atoms. The number of nitrogens with zero attached hydrogens (tertiary/aromatic N) is 2. The normalized spacial score (nSPS) is 12.2. The van der Waals surface area contributed by atoms with Gasteiger partial charge in [-0.25, -0.2) is 9.97 Å². The third kappa shape index (κ3) is 4.71. The Kier molecular flexibility index (Phi) is 5.85. The number of alkyl halides is 2. The van der Waals surface area contributed by atoms with Crippen LogP contribution in [0.15, 0.2) is 53.6 Å². The molecular formula is C19H17F2N3O2S. The van der Waals surface area contributed by atoms with Gasteiger partial charge in [0.25, 0.3) is 0 Å². The minimum absolute atomic E-state index is 0.0821. The summed E-state index contributed by atoms with van der Waals surface area (Å²) in [7, 11) is 0. The number of carbonyl (C=O) groups excluding carboxylic acids is 1. The van der Waals surface area contributed by atoms with Gasteiger partial charge in [0.05, 0.1) is 16.5 Å². The summed E-state index contributed by atoms with van der Waals surface area (Å²) >= 11 is 1.28. The van der Waals surface area contributed by atoms with Crippen LogP contribution in [0.1, 0.15) is 12.7 Å². The molecule has 0 radical (unpaired) electrons. The zero-order valence-corrected chi connectivity index (χ0v) is 15.5. The molecule has 1 unspecified atom stereocenters. The molecule has 2 aromatic carbocycles. The number of halogens is 2. The monoisotopic (exact) mass is 389 g/mol. The smallest absolute Gasteiger partial charge is 0.387 e. The van der Waals surface area contributed by atoms with Crippen LogP contribution >= 0.6 is 11.8 Å². The first kappa shape index (κ1) is 19.0. The number of anilines is 1. The van der Waals surface area contributed by atoms with E-state index in [1.165, 1.54) is 23.9 Å². The molecule has 0 fully saturated rings. The summed E-state index contributed by atoms with van der Waals surface area (Å²) in [6.07, 6.45) is 0. The molecule has 1 N–H and O–H groups in total. The van der Waals surface area contributed by atoms with Crippen molar-refractivity contribution in [3.63, 3.8) is 0 Å². The van der Waals surface area contributed by atoms with E-state index >= 15 is 0 Å². The van der Waals surface area contributed by atoms with Crippen LogP contribution < -0.4 is 10.1 Å². The molecule has 0 saturated heterocycles. The van der Waals surface area contributed by atoms with E-state index in [1.807, 2.05) is 24.3 Å². The number of carbonyl (C=O) groups is 1. The maximum atomic E-state index is 12.6. The second-order valence-electron chi connectivity index (χ2n) is 5.72. The molecular weight excluding hydrogens is 372 g/mol. The molecule has 3 aromatic rings. The Balaban J connectivity index is 1.78. The first-order valence-electron chi connectivity index (χ1n) is 8.19. The summed E-state index contributed by atoms with van der Waals surface area (Å²) < 4.78 is 29.5. The molecule has 0 bridgehead atoms. The zero-order valence-electron chi connectivity index (χ0n) is 14.6. The lowest BCUT2D eigenvalue weighted by Gasteiger charge is -2.15. The predicted octanol–water partition coefficient (Wildman–Crippen LogP) is 4.66. The summed E-state index contributed by atoms with van der Waals surface area (Å²) in [5.41, 5.74) is 0.995. The fourth-order valence-electron chi connectivity index (χ4n) is 2.47. The summed E-state index contributed by atoms with van der Waals surface area (Å²) in [6.45, 7) is 0.548. The SMILES string of the molecule is Cc1nc(SC(C)C(=O)Nc2ccccc2OC(F)F)c2ccccc2n1.